The Balaban J connectivity index is 2.09. The first kappa shape index (κ1) is 16.4. The first-order chi connectivity index (χ1) is 9.99. The van der Waals surface area contributed by atoms with Gasteiger partial charge in [0.2, 0.25) is 0 Å². The highest BCUT2D eigenvalue weighted by Gasteiger charge is 2.20. The predicted molar refractivity (Wildman–Crippen MR) is 93.4 cm³/mol. The third-order valence-electron chi connectivity index (χ3n) is 3.55. The number of hydrogen-bond acceptors (Lipinski definition) is 5. The normalized spacial score (nSPS) is 18.8. The molecule has 1 aliphatic rings. The monoisotopic (exact) mass is 308 g/mol. The fraction of sp³-hybridized carbons (Fsp3) is 0.750. The van der Waals surface area contributed by atoms with Crippen molar-refractivity contribution in [3.63, 3.8) is 0 Å². The van der Waals surface area contributed by atoms with Gasteiger partial charge in [0.15, 0.2) is 0 Å². The summed E-state index contributed by atoms with van der Waals surface area (Å²) in [5, 5.41) is 6.89. The Kier molecular flexibility index (Phi) is 5.73. The van der Waals surface area contributed by atoms with Crippen molar-refractivity contribution in [1.82, 2.24) is 9.97 Å². The van der Waals surface area contributed by atoms with Crippen molar-refractivity contribution < 1.29 is 0 Å². The summed E-state index contributed by atoms with van der Waals surface area (Å²) >= 11 is 2.05. The standard InChI is InChI=1S/C16H28N4S/c1-5-7-17-13-9-14(18-10-12-6-8-21-11-12)20-15(19-13)16(2,3)4/h9,12H,5-8,10-11H2,1-4H3,(H2,17,18,19,20). The van der Waals surface area contributed by atoms with Gasteiger partial charge in [-0.1, -0.05) is 27.7 Å². The summed E-state index contributed by atoms with van der Waals surface area (Å²) in [6.07, 6.45) is 2.41. The zero-order valence-electron chi connectivity index (χ0n) is 13.7. The van der Waals surface area contributed by atoms with Gasteiger partial charge in [-0.2, -0.15) is 11.8 Å². The molecule has 0 radical (unpaired) electrons. The van der Waals surface area contributed by atoms with E-state index in [1.165, 1.54) is 17.9 Å². The van der Waals surface area contributed by atoms with Gasteiger partial charge < -0.3 is 10.6 Å². The van der Waals surface area contributed by atoms with E-state index >= 15 is 0 Å². The van der Waals surface area contributed by atoms with E-state index in [0.29, 0.717) is 0 Å². The van der Waals surface area contributed by atoms with E-state index in [2.05, 4.69) is 55.1 Å². The molecule has 4 nitrogen and oxygen atoms in total. The quantitative estimate of drug-likeness (QED) is 0.838. The van der Waals surface area contributed by atoms with Crippen LogP contribution >= 0.6 is 11.8 Å². The van der Waals surface area contributed by atoms with E-state index in [0.717, 1.165) is 42.9 Å². The molecule has 5 heteroatoms. The average molecular weight is 308 g/mol. The second-order valence-corrected chi connectivity index (χ2v) is 7.90. The minimum Gasteiger partial charge on any atom is -0.370 e. The lowest BCUT2D eigenvalue weighted by molar-refractivity contribution is 0.545. The van der Waals surface area contributed by atoms with Crippen LogP contribution in [0.15, 0.2) is 6.07 Å². The number of nitrogens with zero attached hydrogens (tertiary/aromatic N) is 2. The highest BCUT2D eigenvalue weighted by molar-refractivity contribution is 7.99. The Morgan fingerprint density at radius 3 is 2.52 bits per heavy atom. The highest BCUT2D eigenvalue weighted by Crippen LogP contribution is 2.25. The SMILES string of the molecule is CCCNc1cc(NCC2CCSC2)nc(C(C)(C)C)n1. The topological polar surface area (TPSA) is 49.8 Å². The van der Waals surface area contributed by atoms with Gasteiger partial charge in [-0.05, 0) is 30.3 Å². The van der Waals surface area contributed by atoms with E-state index in [1.54, 1.807) is 0 Å². The Morgan fingerprint density at radius 2 is 1.95 bits per heavy atom. The van der Waals surface area contributed by atoms with Gasteiger partial charge in [0.05, 0.1) is 0 Å². The fourth-order valence-corrected chi connectivity index (χ4v) is 3.49. The molecule has 1 unspecified atom stereocenters. The molecule has 0 spiro atoms. The van der Waals surface area contributed by atoms with Crippen LogP contribution in [0.1, 0.15) is 46.4 Å². The molecule has 0 amide bonds. The van der Waals surface area contributed by atoms with E-state index in [-0.39, 0.29) is 5.41 Å². The molecule has 2 heterocycles. The molecule has 0 saturated carbocycles. The molecular weight excluding hydrogens is 280 g/mol. The smallest absolute Gasteiger partial charge is 0.138 e. The first-order valence-electron chi connectivity index (χ1n) is 7.94. The molecule has 1 aliphatic heterocycles. The van der Waals surface area contributed by atoms with Crippen LogP contribution in [0.5, 0.6) is 0 Å². The average Bonchev–Trinajstić information content (AvgIpc) is 2.95. The van der Waals surface area contributed by atoms with E-state index in [9.17, 15) is 0 Å². The predicted octanol–water partition coefficient (Wildman–Crippen LogP) is 3.76. The molecule has 2 N–H and O–H groups in total. The van der Waals surface area contributed by atoms with Gasteiger partial charge in [-0.25, -0.2) is 9.97 Å². The maximum Gasteiger partial charge on any atom is 0.138 e. The van der Waals surface area contributed by atoms with Crippen molar-refractivity contribution in [3.05, 3.63) is 11.9 Å². The second-order valence-electron chi connectivity index (χ2n) is 6.75. The zero-order chi connectivity index (χ0) is 15.3. The van der Waals surface area contributed by atoms with Crippen LogP contribution in [-0.2, 0) is 5.41 Å². The van der Waals surface area contributed by atoms with Crippen LogP contribution in [0.3, 0.4) is 0 Å². The lowest BCUT2D eigenvalue weighted by Gasteiger charge is -2.20. The number of thioether (sulfide) groups is 1. The van der Waals surface area contributed by atoms with Crippen molar-refractivity contribution in [3.8, 4) is 0 Å². The lowest BCUT2D eigenvalue weighted by Crippen LogP contribution is -2.20. The van der Waals surface area contributed by atoms with Crippen LogP contribution < -0.4 is 10.6 Å². The Bertz CT molecular complexity index is 450. The van der Waals surface area contributed by atoms with Gasteiger partial charge in [0.1, 0.15) is 17.5 Å². The van der Waals surface area contributed by atoms with Crippen molar-refractivity contribution in [2.24, 2.45) is 5.92 Å². The summed E-state index contributed by atoms with van der Waals surface area (Å²) in [4.78, 5) is 9.36. The lowest BCUT2D eigenvalue weighted by atomic mass is 9.96. The Morgan fingerprint density at radius 1 is 1.24 bits per heavy atom. The van der Waals surface area contributed by atoms with E-state index in [4.69, 9.17) is 4.98 Å². The van der Waals surface area contributed by atoms with Crippen molar-refractivity contribution in [2.45, 2.75) is 46.0 Å². The van der Waals surface area contributed by atoms with Crippen molar-refractivity contribution >= 4 is 23.4 Å². The van der Waals surface area contributed by atoms with Gasteiger partial charge in [0, 0.05) is 24.6 Å². The summed E-state index contributed by atoms with van der Waals surface area (Å²) in [7, 11) is 0. The third-order valence-corrected chi connectivity index (χ3v) is 4.78. The van der Waals surface area contributed by atoms with Crippen LogP contribution in [-0.4, -0.2) is 34.6 Å². The maximum absolute atomic E-state index is 4.70. The summed E-state index contributed by atoms with van der Waals surface area (Å²) < 4.78 is 0. The summed E-state index contributed by atoms with van der Waals surface area (Å²) in [5.41, 5.74) is -0.0381. The molecule has 1 aromatic rings. The number of hydrogen-bond donors (Lipinski definition) is 2. The fourth-order valence-electron chi connectivity index (χ4n) is 2.21. The number of rotatable bonds is 6. The molecule has 0 bridgehead atoms. The van der Waals surface area contributed by atoms with Gasteiger partial charge in [0.25, 0.3) is 0 Å². The number of aromatic nitrogens is 2. The van der Waals surface area contributed by atoms with Crippen LogP contribution in [0.2, 0.25) is 0 Å². The van der Waals surface area contributed by atoms with Gasteiger partial charge in [-0.15, -0.1) is 0 Å². The first-order valence-corrected chi connectivity index (χ1v) is 9.09. The van der Waals surface area contributed by atoms with Crippen LogP contribution in [0.25, 0.3) is 0 Å². The molecule has 21 heavy (non-hydrogen) atoms. The minimum absolute atomic E-state index is 0.0381. The third kappa shape index (κ3) is 5.06. The number of anilines is 2. The number of nitrogens with one attached hydrogen (secondary N) is 2. The van der Waals surface area contributed by atoms with Crippen LogP contribution in [0.4, 0.5) is 11.6 Å². The molecular formula is C16H28N4S. The molecule has 1 aromatic heterocycles. The molecule has 0 aromatic carbocycles. The summed E-state index contributed by atoms with van der Waals surface area (Å²) in [6.45, 7) is 10.6. The zero-order valence-corrected chi connectivity index (χ0v) is 14.5. The summed E-state index contributed by atoms with van der Waals surface area (Å²) in [5.74, 6) is 6.12. The van der Waals surface area contributed by atoms with E-state index < -0.39 is 0 Å². The van der Waals surface area contributed by atoms with E-state index in [1.807, 2.05) is 6.07 Å². The van der Waals surface area contributed by atoms with Crippen molar-refractivity contribution in [2.75, 3.05) is 35.2 Å². The van der Waals surface area contributed by atoms with Crippen LogP contribution in [0, 0.1) is 5.92 Å². The summed E-state index contributed by atoms with van der Waals surface area (Å²) in [6, 6.07) is 2.03. The van der Waals surface area contributed by atoms with Gasteiger partial charge >= 0.3 is 0 Å². The minimum atomic E-state index is -0.0381. The van der Waals surface area contributed by atoms with Gasteiger partial charge in [-0.3, -0.25) is 0 Å². The molecule has 1 atom stereocenters. The Hall–Kier alpha value is -0.970. The molecule has 0 aliphatic carbocycles. The largest absolute Gasteiger partial charge is 0.370 e. The molecule has 1 saturated heterocycles. The maximum atomic E-state index is 4.70. The highest BCUT2D eigenvalue weighted by atomic mass is 32.2. The second kappa shape index (κ2) is 7.34. The Labute approximate surface area is 132 Å². The molecule has 118 valence electrons. The molecule has 1 fully saturated rings. The van der Waals surface area contributed by atoms with Crippen molar-refractivity contribution in [1.29, 1.82) is 0 Å². The molecule has 2 rings (SSSR count).